The van der Waals surface area contributed by atoms with E-state index in [0.29, 0.717) is 0 Å². The van der Waals surface area contributed by atoms with Crippen LogP contribution >= 0.6 is 11.6 Å². The molecule has 0 bridgehead atoms. The van der Waals surface area contributed by atoms with E-state index < -0.39 is 0 Å². The summed E-state index contributed by atoms with van der Waals surface area (Å²) in [5, 5.41) is 3.95. The van der Waals surface area contributed by atoms with E-state index in [1.807, 2.05) is 6.92 Å². The fourth-order valence-electron chi connectivity index (χ4n) is 0.904. The quantitative estimate of drug-likeness (QED) is 0.569. The van der Waals surface area contributed by atoms with Crippen molar-refractivity contribution in [2.24, 2.45) is 5.16 Å². The van der Waals surface area contributed by atoms with E-state index in [1.54, 1.807) is 0 Å². The molecule has 0 spiro atoms. The number of rotatable bonds is 2. The van der Waals surface area contributed by atoms with Crippen LogP contribution in [0.2, 0.25) is 0 Å². The highest BCUT2D eigenvalue weighted by molar-refractivity contribution is 6.21. The molecule has 0 aromatic heterocycles. The topological polar surface area (TPSA) is 21.6 Å². The smallest absolute Gasteiger partial charge is 0.148 e. The molecule has 2 nitrogen and oxygen atoms in total. The molecule has 0 unspecified atom stereocenters. The Morgan fingerprint density at radius 2 is 2.60 bits per heavy atom. The average Bonchev–Trinajstić information content (AvgIpc) is 2.34. The Labute approximate surface area is 66.2 Å². The van der Waals surface area contributed by atoms with Gasteiger partial charge in [0.05, 0.1) is 11.1 Å². The maximum Gasteiger partial charge on any atom is 0.148 e. The van der Waals surface area contributed by atoms with Crippen molar-refractivity contribution < 1.29 is 4.84 Å². The Bertz CT molecular complexity index is 145. The van der Waals surface area contributed by atoms with Crippen molar-refractivity contribution in [2.45, 2.75) is 38.2 Å². The van der Waals surface area contributed by atoms with Crippen molar-refractivity contribution in [3.63, 3.8) is 0 Å². The van der Waals surface area contributed by atoms with Crippen molar-refractivity contribution in [1.29, 1.82) is 0 Å². The lowest BCUT2D eigenvalue weighted by Gasteiger charge is -2.08. The van der Waals surface area contributed by atoms with Gasteiger partial charge in [-0.2, -0.15) is 0 Å². The van der Waals surface area contributed by atoms with Gasteiger partial charge in [-0.3, -0.25) is 0 Å². The van der Waals surface area contributed by atoms with Gasteiger partial charge in [-0.1, -0.05) is 12.1 Å². The number of hydrogen-bond acceptors (Lipinski definition) is 2. The molecule has 1 heterocycles. The highest BCUT2D eigenvalue weighted by atomic mass is 35.5. The normalized spacial score (nSPS) is 27.5. The average molecular weight is 162 g/mol. The van der Waals surface area contributed by atoms with E-state index in [1.165, 1.54) is 0 Å². The third kappa shape index (κ3) is 1.63. The van der Waals surface area contributed by atoms with Crippen LogP contribution in [0.4, 0.5) is 0 Å². The second-order valence-corrected chi connectivity index (χ2v) is 3.23. The van der Waals surface area contributed by atoms with Crippen LogP contribution in [0.3, 0.4) is 0 Å². The second-order valence-electron chi connectivity index (χ2n) is 2.54. The molecular formula is C7H12ClNO. The largest absolute Gasteiger partial charge is 0.391 e. The Balaban J connectivity index is 2.36. The minimum absolute atomic E-state index is 0.0628. The van der Waals surface area contributed by atoms with Gasteiger partial charge in [0.25, 0.3) is 0 Å². The van der Waals surface area contributed by atoms with E-state index in [2.05, 4.69) is 12.1 Å². The van der Waals surface area contributed by atoms with Gasteiger partial charge >= 0.3 is 0 Å². The van der Waals surface area contributed by atoms with Crippen LogP contribution < -0.4 is 0 Å². The van der Waals surface area contributed by atoms with Crippen LogP contribution in [0.1, 0.15) is 26.7 Å². The summed E-state index contributed by atoms with van der Waals surface area (Å²) in [7, 11) is 0. The molecule has 1 aliphatic rings. The van der Waals surface area contributed by atoms with E-state index in [9.17, 15) is 0 Å². The number of hydrogen-bond donors (Lipinski definition) is 0. The molecule has 1 rings (SSSR count). The van der Waals surface area contributed by atoms with Crippen LogP contribution in [0.15, 0.2) is 5.16 Å². The summed E-state index contributed by atoms with van der Waals surface area (Å²) < 4.78 is 0. The fourth-order valence-corrected chi connectivity index (χ4v) is 1.04. The first-order chi connectivity index (χ1) is 4.74. The summed E-state index contributed by atoms with van der Waals surface area (Å²) in [6.07, 6.45) is 1.98. The van der Waals surface area contributed by atoms with Crippen LogP contribution in [-0.4, -0.2) is 17.2 Å². The van der Waals surface area contributed by atoms with Gasteiger partial charge < -0.3 is 4.84 Å². The molecule has 3 heteroatoms. The first kappa shape index (κ1) is 7.86. The Morgan fingerprint density at radius 3 is 2.90 bits per heavy atom. The monoisotopic (exact) mass is 161 g/mol. The molecule has 0 amide bonds. The van der Waals surface area contributed by atoms with Gasteiger partial charge in [0.2, 0.25) is 0 Å². The number of nitrogens with zero attached hydrogens (tertiary/aromatic N) is 1. The van der Waals surface area contributed by atoms with Gasteiger partial charge in [0.15, 0.2) is 0 Å². The van der Waals surface area contributed by atoms with Gasteiger partial charge in [-0.15, -0.1) is 11.6 Å². The summed E-state index contributed by atoms with van der Waals surface area (Å²) in [6, 6.07) is 0. The lowest BCUT2D eigenvalue weighted by Crippen LogP contribution is -2.17. The number of oxime groups is 1. The van der Waals surface area contributed by atoms with Crippen molar-refractivity contribution >= 4 is 17.3 Å². The van der Waals surface area contributed by atoms with Crippen LogP contribution in [0, 0.1) is 0 Å². The van der Waals surface area contributed by atoms with E-state index >= 15 is 0 Å². The summed E-state index contributed by atoms with van der Waals surface area (Å²) in [5.41, 5.74) is 1.12. The fraction of sp³-hybridized carbons (Fsp3) is 0.857. The van der Waals surface area contributed by atoms with Gasteiger partial charge in [0, 0.05) is 6.42 Å². The zero-order chi connectivity index (χ0) is 7.56. The van der Waals surface area contributed by atoms with E-state index in [-0.39, 0.29) is 11.5 Å². The molecule has 0 N–H and O–H groups in total. The highest BCUT2D eigenvalue weighted by Gasteiger charge is 2.23. The predicted molar refractivity (Wildman–Crippen MR) is 42.5 cm³/mol. The van der Waals surface area contributed by atoms with Gasteiger partial charge in [-0.05, 0) is 13.3 Å². The summed E-state index contributed by atoms with van der Waals surface area (Å²) in [6.45, 7) is 4.00. The minimum atomic E-state index is 0.0628. The molecule has 0 fully saturated rings. The Kier molecular flexibility index (Phi) is 2.55. The maximum absolute atomic E-state index is 5.81. The van der Waals surface area contributed by atoms with Crippen LogP contribution in [-0.2, 0) is 4.84 Å². The lowest BCUT2D eigenvalue weighted by molar-refractivity contribution is 0.0854. The zero-order valence-corrected chi connectivity index (χ0v) is 7.06. The molecule has 10 heavy (non-hydrogen) atoms. The molecular weight excluding hydrogens is 150 g/mol. The molecule has 2 atom stereocenters. The van der Waals surface area contributed by atoms with Crippen molar-refractivity contribution in [3.8, 4) is 0 Å². The summed E-state index contributed by atoms with van der Waals surface area (Å²) in [5.74, 6) is 0. The molecule has 0 aromatic rings. The standard InChI is InChI=1S/C7H12ClNO/c1-3-6-4-7(5(2)8)10-9-6/h5,7H,3-4H2,1-2H3/t5-,7-/m1/s1. The van der Waals surface area contributed by atoms with Crippen LogP contribution in [0.5, 0.6) is 0 Å². The first-order valence-electron chi connectivity index (χ1n) is 3.59. The molecule has 1 aliphatic heterocycles. The highest BCUT2D eigenvalue weighted by Crippen LogP contribution is 2.18. The first-order valence-corrected chi connectivity index (χ1v) is 4.03. The molecule has 0 saturated carbocycles. The molecule has 0 radical (unpaired) electrons. The second kappa shape index (κ2) is 3.24. The molecule has 58 valence electrons. The summed E-state index contributed by atoms with van der Waals surface area (Å²) in [4.78, 5) is 5.07. The molecule has 0 saturated heterocycles. The number of alkyl halides is 1. The lowest BCUT2D eigenvalue weighted by atomic mass is 10.1. The van der Waals surface area contributed by atoms with Crippen molar-refractivity contribution in [2.75, 3.05) is 0 Å². The zero-order valence-electron chi connectivity index (χ0n) is 6.30. The molecule has 0 aromatic carbocycles. The number of halogens is 1. The van der Waals surface area contributed by atoms with Crippen molar-refractivity contribution in [3.05, 3.63) is 0 Å². The Morgan fingerprint density at radius 1 is 1.90 bits per heavy atom. The van der Waals surface area contributed by atoms with E-state index in [0.717, 1.165) is 18.6 Å². The SMILES string of the molecule is CCC1=NO[C@@H]([C@@H](C)Cl)C1. The summed E-state index contributed by atoms with van der Waals surface area (Å²) >= 11 is 5.81. The molecule has 0 aliphatic carbocycles. The van der Waals surface area contributed by atoms with E-state index in [4.69, 9.17) is 16.4 Å². The van der Waals surface area contributed by atoms with Gasteiger partial charge in [-0.25, -0.2) is 0 Å². The minimum Gasteiger partial charge on any atom is -0.391 e. The third-order valence-electron chi connectivity index (χ3n) is 1.67. The maximum atomic E-state index is 5.81. The van der Waals surface area contributed by atoms with Crippen LogP contribution in [0.25, 0.3) is 0 Å². The van der Waals surface area contributed by atoms with Gasteiger partial charge in [0.1, 0.15) is 6.10 Å². The third-order valence-corrected chi connectivity index (χ3v) is 1.96. The predicted octanol–water partition coefficient (Wildman–Crippen LogP) is 2.17. The Hall–Kier alpha value is -0.240. The van der Waals surface area contributed by atoms with Crippen molar-refractivity contribution in [1.82, 2.24) is 0 Å².